The Balaban J connectivity index is 2.97. The van der Waals surface area contributed by atoms with Crippen LogP contribution in [0.2, 0.25) is 0 Å². The second-order valence-electron chi connectivity index (χ2n) is 3.25. The van der Waals surface area contributed by atoms with Crippen LogP contribution in [0.15, 0.2) is 29.8 Å². The molecule has 1 aromatic rings. The van der Waals surface area contributed by atoms with Crippen LogP contribution in [0.3, 0.4) is 0 Å². The van der Waals surface area contributed by atoms with Gasteiger partial charge in [0.25, 0.3) is 0 Å². The van der Waals surface area contributed by atoms with Gasteiger partial charge in [0.2, 0.25) is 0 Å². The molecule has 0 fully saturated rings. The summed E-state index contributed by atoms with van der Waals surface area (Å²) in [7, 11) is 0. The molecule has 2 nitrogen and oxygen atoms in total. The fourth-order valence-electron chi connectivity index (χ4n) is 1.08. The molecule has 0 atom stereocenters. The molecule has 1 rings (SSSR count). The molecule has 0 aliphatic carbocycles. The molecular formula is C11H9F3O2. The van der Waals surface area contributed by atoms with Crippen molar-refractivity contribution in [3.63, 3.8) is 0 Å². The third-order valence-electron chi connectivity index (χ3n) is 1.96. The second-order valence-corrected chi connectivity index (χ2v) is 3.25. The molecular weight excluding hydrogens is 221 g/mol. The Morgan fingerprint density at radius 2 is 1.75 bits per heavy atom. The lowest BCUT2D eigenvalue weighted by molar-refractivity contribution is -0.137. The number of rotatable bonds is 2. The molecule has 0 spiro atoms. The van der Waals surface area contributed by atoms with E-state index in [0.29, 0.717) is 5.56 Å². The quantitative estimate of drug-likeness (QED) is 0.792. The van der Waals surface area contributed by atoms with Crippen molar-refractivity contribution in [1.82, 2.24) is 0 Å². The molecule has 5 heteroatoms. The molecule has 1 N–H and O–H groups in total. The first-order valence-corrected chi connectivity index (χ1v) is 4.39. The fraction of sp³-hybridized carbons (Fsp3) is 0.182. The smallest absolute Gasteiger partial charge is 0.416 e. The first kappa shape index (κ1) is 12.3. The van der Waals surface area contributed by atoms with Gasteiger partial charge in [-0.3, -0.25) is 0 Å². The van der Waals surface area contributed by atoms with Crippen LogP contribution in [0, 0.1) is 0 Å². The highest BCUT2D eigenvalue weighted by atomic mass is 19.4. The van der Waals surface area contributed by atoms with E-state index in [1.807, 2.05) is 0 Å². The summed E-state index contributed by atoms with van der Waals surface area (Å²) in [6, 6.07) is 4.30. The van der Waals surface area contributed by atoms with Gasteiger partial charge in [0, 0.05) is 5.57 Å². The minimum Gasteiger partial charge on any atom is -0.478 e. The standard InChI is InChI=1S/C11H9F3O2/c1-7(10(15)16)6-8-2-4-9(5-3-8)11(12,13)14/h2-6H,1H3,(H,15,16). The van der Waals surface area contributed by atoms with Gasteiger partial charge in [0.1, 0.15) is 0 Å². The average Bonchev–Trinajstić information content (AvgIpc) is 2.17. The number of carboxylic acid groups (broad SMARTS) is 1. The molecule has 0 saturated carbocycles. The number of halogens is 3. The number of carboxylic acids is 1. The highest BCUT2D eigenvalue weighted by Crippen LogP contribution is 2.29. The van der Waals surface area contributed by atoms with E-state index in [0.717, 1.165) is 12.1 Å². The van der Waals surface area contributed by atoms with Crippen molar-refractivity contribution in [2.75, 3.05) is 0 Å². The first-order valence-electron chi connectivity index (χ1n) is 4.39. The van der Waals surface area contributed by atoms with E-state index in [-0.39, 0.29) is 5.57 Å². The highest BCUT2D eigenvalue weighted by molar-refractivity contribution is 5.91. The van der Waals surface area contributed by atoms with Crippen LogP contribution in [0.1, 0.15) is 18.1 Å². The third kappa shape index (κ3) is 3.12. The van der Waals surface area contributed by atoms with Crippen LogP contribution in [0.5, 0.6) is 0 Å². The normalized spacial score (nSPS) is 12.6. The van der Waals surface area contributed by atoms with Gasteiger partial charge in [0.15, 0.2) is 0 Å². The van der Waals surface area contributed by atoms with Crippen LogP contribution >= 0.6 is 0 Å². The Hall–Kier alpha value is -1.78. The molecule has 1 aromatic carbocycles. The SMILES string of the molecule is CC(=Cc1ccc(C(F)(F)F)cc1)C(=O)O. The van der Waals surface area contributed by atoms with Gasteiger partial charge in [-0.05, 0) is 30.7 Å². The van der Waals surface area contributed by atoms with E-state index in [2.05, 4.69) is 0 Å². The summed E-state index contributed by atoms with van der Waals surface area (Å²) in [5.41, 5.74) is -0.259. The van der Waals surface area contributed by atoms with Gasteiger partial charge < -0.3 is 5.11 Å². The molecule has 0 aromatic heterocycles. The summed E-state index contributed by atoms with van der Waals surface area (Å²) in [6.45, 7) is 1.38. The Labute approximate surface area is 90.0 Å². The summed E-state index contributed by atoms with van der Waals surface area (Å²) in [6.07, 6.45) is -3.06. The van der Waals surface area contributed by atoms with Gasteiger partial charge in [-0.1, -0.05) is 12.1 Å². The van der Waals surface area contributed by atoms with Crippen LogP contribution in [0.4, 0.5) is 13.2 Å². The number of hydrogen-bond acceptors (Lipinski definition) is 1. The molecule has 0 amide bonds. The largest absolute Gasteiger partial charge is 0.478 e. The predicted molar refractivity (Wildman–Crippen MR) is 52.7 cm³/mol. The van der Waals surface area contributed by atoms with Crippen molar-refractivity contribution < 1.29 is 23.1 Å². The zero-order valence-electron chi connectivity index (χ0n) is 8.38. The second kappa shape index (κ2) is 4.38. The maximum atomic E-state index is 12.2. The van der Waals surface area contributed by atoms with E-state index < -0.39 is 17.7 Å². The summed E-state index contributed by atoms with van der Waals surface area (Å²) < 4.78 is 36.6. The lowest BCUT2D eigenvalue weighted by Crippen LogP contribution is -2.04. The lowest BCUT2D eigenvalue weighted by Gasteiger charge is -2.06. The van der Waals surface area contributed by atoms with Gasteiger partial charge in [-0.2, -0.15) is 13.2 Å². The minimum atomic E-state index is -4.37. The molecule has 0 aliphatic heterocycles. The molecule has 86 valence electrons. The van der Waals surface area contributed by atoms with Crippen molar-refractivity contribution >= 4 is 12.0 Å². The van der Waals surface area contributed by atoms with E-state index >= 15 is 0 Å². The predicted octanol–water partition coefficient (Wildman–Crippen LogP) is 3.19. The highest BCUT2D eigenvalue weighted by Gasteiger charge is 2.29. The Morgan fingerprint density at radius 3 is 2.12 bits per heavy atom. The van der Waals surface area contributed by atoms with Crippen molar-refractivity contribution in [3.8, 4) is 0 Å². The van der Waals surface area contributed by atoms with E-state index in [9.17, 15) is 18.0 Å². The Morgan fingerprint density at radius 1 is 1.25 bits per heavy atom. The summed E-state index contributed by atoms with van der Waals surface area (Å²) in [5.74, 6) is -1.10. The van der Waals surface area contributed by atoms with Crippen LogP contribution in [0.25, 0.3) is 6.08 Å². The topological polar surface area (TPSA) is 37.3 Å². The average molecular weight is 230 g/mol. The minimum absolute atomic E-state index is 0.0692. The van der Waals surface area contributed by atoms with Crippen molar-refractivity contribution in [1.29, 1.82) is 0 Å². The van der Waals surface area contributed by atoms with Gasteiger partial charge in [0.05, 0.1) is 5.56 Å². The van der Waals surface area contributed by atoms with Crippen molar-refractivity contribution in [3.05, 3.63) is 41.0 Å². The van der Waals surface area contributed by atoms with Gasteiger partial charge in [-0.25, -0.2) is 4.79 Å². The number of benzene rings is 1. The van der Waals surface area contributed by atoms with Crippen LogP contribution in [-0.4, -0.2) is 11.1 Å². The Bertz CT molecular complexity index is 416. The number of aliphatic carboxylic acids is 1. The third-order valence-corrected chi connectivity index (χ3v) is 1.96. The molecule has 0 unspecified atom stereocenters. The molecule has 0 radical (unpaired) electrons. The molecule has 0 bridgehead atoms. The molecule has 0 saturated heterocycles. The van der Waals surface area contributed by atoms with Crippen molar-refractivity contribution in [2.24, 2.45) is 0 Å². The number of hydrogen-bond donors (Lipinski definition) is 1. The lowest BCUT2D eigenvalue weighted by atomic mass is 10.1. The van der Waals surface area contributed by atoms with Crippen LogP contribution in [-0.2, 0) is 11.0 Å². The number of carbonyl (C=O) groups is 1. The zero-order chi connectivity index (χ0) is 12.3. The Kier molecular flexibility index (Phi) is 3.37. The maximum absolute atomic E-state index is 12.2. The summed E-state index contributed by atoms with van der Waals surface area (Å²) >= 11 is 0. The number of alkyl halides is 3. The molecule has 0 aliphatic rings. The van der Waals surface area contributed by atoms with E-state index in [1.165, 1.54) is 25.1 Å². The molecule has 16 heavy (non-hydrogen) atoms. The van der Waals surface area contributed by atoms with E-state index in [4.69, 9.17) is 5.11 Å². The summed E-state index contributed by atoms with van der Waals surface area (Å²) in [4.78, 5) is 10.5. The fourth-order valence-corrected chi connectivity index (χ4v) is 1.08. The molecule has 0 heterocycles. The van der Waals surface area contributed by atoms with Gasteiger partial charge >= 0.3 is 12.1 Å². The monoisotopic (exact) mass is 230 g/mol. The van der Waals surface area contributed by atoms with Crippen LogP contribution < -0.4 is 0 Å². The zero-order valence-corrected chi connectivity index (χ0v) is 8.38. The first-order chi connectivity index (χ1) is 7.30. The summed E-state index contributed by atoms with van der Waals surface area (Å²) in [5, 5.41) is 8.58. The maximum Gasteiger partial charge on any atom is 0.416 e. The van der Waals surface area contributed by atoms with E-state index in [1.54, 1.807) is 0 Å². The van der Waals surface area contributed by atoms with Crippen molar-refractivity contribution in [2.45, 2.75) is 13.1 Å². The van der Waals surface area contributed by atoms with Gasteiger partial charge in [-0.15, -0.1) is 0 Å².